The standard InChI is InChI=1S/C14H13NO3S/c1-2-9-5-3-4-6-10(9)13(16)15-11-7-8-19-12(11)14(17)18/h3-8H,2H2,1H3,(H,15,16)(H,17,18). The number of carboxylic acid groups (broad SMARTS) is 1. The Morgan fingerprint density at radius 3 is 2.68 bits per heavy atom. The maximum atomic E-state index is 12.2. The molecule has 0 bridgehead atoms. The van der Waals surface area contributed by atoms with Gasteiger partial charge in [0.25, 0.3) is 5.91 Å². The first-order chi connectivity index (χ1) is 9.13. The molecule has 0 fully saturated rings. The fourth-order valence-corrected chi connectivity index (χ4v) is 2.50. The summed E-state index contributed by atoms with van der Waals surface area (Å²) >= 11 is 1.09. The Morgan fingerprint density at radius 1 is 1.26 bits per heavy atom. The van der Waals surface area contributed by atoms with Crippen molar-refractivity contribution in [2.24, 2.45) is 0 Å². The van der Waals surface area contributed by atoms with Gasteiger partial charge < -0.3 is 10.4 Å². The summed E-state index contributed by atoms with van der Waals surface area (Å²) in [4.78, 5) is 23.3. The van der Waals surface area contributed by atoms with Gasteiger partial charge in [0.1, 0.15) is 4.88 Å². The molecule has 0 radical (unpaired) electrons. The van der Waals surface area contributed by atoms with Crippen LogP contribution in [0.2, 0.25) is 0 Å². The molecule has 5 heteroatoms. The van der Waals surface area contributed by atoms with Crippen LogP contribution in [0, 0.1) is 0 Å². The highest BCUT2D eigenvalue weighted by Gasteiger charge is 2.16. The fourth-order valence-electron chi connectivity index (χ4n) is 1.81. The van der Waals surface area contributed by atoms with Crippen LogP contribution in [-0.4, -0.2) is 17.0 Å². The second kappa shape index (κ2) is 5.67. The van der Waals surface area contributed by atoms with Crippen molar-refractivity contribution in [3.05, 3.63) is 51.7 Å². The summed E-state index contributed by atoms with van der Waals surface area (Å²) in [6.45, 7) is 1.97. The molecule has 0 aliphatic heterocycles. The first-order valence-electron chi connectivity index (χ1n) is 5.83. The van der Waals surface area contributed by atoms with Gasteiger partial charge in [0, 0.05) is 5.56 Å². The Hall–Kier alpha value is -2.14. The molecule has 0 atom stereocenters. The number of rotatable bonds is 4. The topological polar surface area (TPSA) is 66.4 Å². The van der Waals surface area contributed by atoms with E-state index >= 15 is 0 Å². The molecule has 1 aromatic carbocycles. The lowest BCUT2D eigenvalue weighted by Gasteiger charge is -2.08. The summed E-state index contributed by atoms with van der Waals surface area (Å²) in [5.74, 6) is -1.31. The molecule has 0 aliphatic carbocycles. The molecule has 0 saturated heterocycles. The minimum atomic E-state index is -1.03. The first-order valence-corrected chi connectivity index (χ1v) is 6.71. The van der Waals surface area contributed by atoms with Crippen molar-refractivity contribution in [1.82, 2.24) is 0 Å². The third kappa shape index (κ3) is 2.82. The number of hydrogen-bond acceptors (Lipinski definition) is 3. The van der Waals surface area contributed by atoms with Gasteiger partial charge in [-0.25, -0.2) is 4.79 Å². The molecule has 2 N–H and O–H groups in total. The number of aromatic carboxylic acids is 1. The van der Waals surface area contributed by atoms with Crippen molar-refractivity contribution in [1.29, 1.82) is 0 Å². The number of anilines is 1. The van der Waals surface area contributed by atoms with Gasteiger partial charge in [0.05, 0.1) is 5.69 Å². The van der Waals surface area contributed by atoms with Crippen LogP contribution < -0.4 is 5.32 Å². The van der Waals surface area contributed by atoms with Crippen LogP contribution in [0.3, 0.4) is 0 Å². The second-order valence-corrected chi connectivity index (χ2v) is 4.85. The molecule has 0 unspecified atom stereocenters. The van der Waals surface area contributed by atoms with Gasteiger partial charge in [0.15, 0.2) is 0 Å². The Bertz CT molecular complexity index is 619. The number of benzene rings is 1. The zero-order valence-corrected chi connectivity index (χ0v) is 11.2. The van der Waals surface area contributed by atoms with E-state index in [0.717, 1.165) is 23.3 Å². The van der Waals surface area contributed by atoms with Gasteiger partial charge in [-0.05, 0) is 29.5 Å². The maximum absolute atomic E-state index is 12.2. The largest absolute Gasteiger partial charge is 0.477 e. The Labute approximate surface area is 114 Å². The van der Waals surface area contributed by atoms with Crippen LogP contribution >= 0.6 is 11.3 Å². The number of hydrogen-bond donors (Lipinski definition) is 2. The van der Waals surface area contributed by atoms with Gasteiger partial charge >= 0.3 is 5.97 Å². The maximum Gasteiger partial charge on any atom is 0.348 e. The van der Waals surface area contributed by atoms with Crippen molar-refractivity contribution in [2.75, 3.05) is 5.32 Å². The van der Waals surface area contributed by atoms with E-state index in [-0.39, 0.29) is 10.8 Å². The van der Waals surface area contributed by atoms with E-state index in [2.05, 4.69) is 5.32 Å². The van der Waals surface area contributed by atoms with Gasteiger partial charge in [-0.3, -0.25) is 4.79 Å². The van der Waals surface area contributed by atoms with Crippen LogP contribution in [0.15, 0.2) is 35.7 Å². The number of nitrogens with one attached hydrogen (secondary N) is 1. The summed E-state index contributed by atoms with van der Waals surface area (Å²) in [6, 6.07) is 8.89. The minimum Gasteiger partial charge on any atom is -0.477 e. The monoisotopic (exact) mass is 275 g/mol. The van der Waals surface area contributed by atoms with E-state index in [4.69, 9.17) is 5.11 Å². The predicted molar refractivity (Wildman–Crippen MR) is 75.1 cm³/mol. The normalized spacial score (nSPS) is 10.2. The highest BCUT2D eigenvalue weighted by Crippen LogP contribution is 2.23. The van der Waals surface area contributed by atoms with Crippen LogP contribution in [0.1, 0.15) is 32.5 Å². The van der Waals surface area contributed by atoms with E-state index in [9.17, 15) is 9.59 Å². The molecule has 0 saturated carbocycles. The van der Waals surface area contributed by atoms with Crippen molar-refractivity contribution in [3.63, 3.8) is 0 Å². The smallest absolute Gasteiger partial charge is 0.348 e. The molecule has 4 nitrogen and oxygen atoms in total. The Balaban J connectivity index is 2.26. The van der Waals surface area contributed by atoms with E-state index in [0.29, 0.717) is 11.3 Å². The quantitative estimate of drug-likeness (QED) is 0.900. The molecule has 1 heterocycles. The van der Waals surface area contributed by atoms with Crippen molar-refractivity contribution >= 4 is 28.9 Å². The molecular formula is C14H13NO3S. The molecule has 0 aliphatic rings. The van der Waals surface area contributed by atoms with E-state index < -0.39 is 5.97 Å². The van der Waals surface area contributed by atoms with E-state index in [1.807, 2.05) is 19.1 Å². The number of carbonyl (C=O) groups excluding carboxylic acids is 1. The number of thiophene rings is 1. The Morgan fingerprint density at radius 2 is 2.00 bits per heavy atom. The van der Waals surface area contributed by atoms with E-state index in [1.54, 1.807) is 23.6 Å². The molecule has 1 amide bonds. The minimum absolute atomic E-state index is 0.141. The van der Waals surface area contributed by atoms with E-state index in [1.165, 1.54) is 0 Å². The highest BCUT2D eigenvalue weighted by molar-refractivity contribution is 7.12. The highest BCUT2D eigenvalue weighted by atomic mass is 32.1. The van der Waals surface area contributed by atoms with Gasteiger partial charge in [0.2, 0.25) is 0 Å². The van der Waals surface area contributed by atoms with Gasteiger partial charge in [-0.15, -0.1) is 11.3 Å². The summed E-state index contributed by atoms with van der Waals surface area (Å²) in [5, 5.41) is 13.3. The lowest BCUT2D eigenvalue weighted by atomic mass is 10.0. The van der Waals surface area contributed by atoms with Crippen molar-refractivity contribution in [3.8, 4) is 0 Å². The third-order valence-corrected chi connectivity index (χ3v) is 3.65. The van der Waals surface area contributed by atoms with Crippen LogP contribution in [0.4, 0.5) is 5.69 Å². The predicted octanol–water partition coefficient (Wildman–Crippen LogP) is 3.26. The second-order valence-electron chi connectivity index (χ2n) is 3.93. The molecule has 1 aromatic heterocycles. The average Bonchev–Trinajstić information content (AvgIpc) is 2.87. The lowest BCUT2D eigenvalue weighted by Crippen LogP contribution is -2.15. The third-order valence-electron chi connectivity index (χ3n) is 2.75. The lowest BCUT2D eigenvalue weighted by molar-refractivity contribution is 0.0703. The average molecular weight is 275 g/mol. The molecular weight excluding hydrogens is 262 g/mol. The molecule has 19 heavy (non-hydrogen) atoms. The summed E-state index contributed by atoms with van der Waals surface area (Å²) in [5.41, 5.74) is 1.85. The fraction of sp³-hybridized carbons (Fsp3) is 0.143. The summed E-state index contributed by atoms with van der Waals surface area (Å²) in [6.07, 6.45) is 0.749. The van der Waals surface area contributed by atoms with Crippen LogP contribution in [0.5, 0.6) is 0 Å². The zero-order chi connectivity index (χ0) is 13.8. The van der Waals surface area contributed by atoms with Crippen LogP contribution in [0.25, 0.3) is 0 Å². The molecule has 2 aromatic rings. The number of carbonyl (C=O) groups is 2. The molecule has 98 valence electrons. The van der Waals surface area contributed by atoms with Crippen molar-refractivity contribution in [2.45, 2.75) is 13.3 Å². The summed E-state index contributed by atoms with van der Waals surface area (Å²) in [7, 11) is 0. The molecule has 0 spiro atoms. The van der Waals surface area contributed by atoms with Crippen molar-refractivity contribution < 1.29 is 14.7 Å². The van der Waals surface area contributed by atoms with Gasteiger partial charge in [-0.1, -0.05) is 25.1 Å². The SMILES string of the molecule is CCc1ccccc1C(=O)Nc1ccsc1C(=O)O. The van der Waals surface area contributed by atoms with Gasteiger partial charge in [-0.2, -0.15) is 0 Å². The molecule has 2 rings (SSSR count). The summed E-state index contributed by atoms with van der Waals surface area (Å²) < 4.78 is 0. The zero-order valence-electron chi connectivity index (χ0n) is 10.3. The number of amides is 1. The Kier molecular flexibility index (Phi) is 3.97. The van der Waals surface area contributed by atoms with Crippen LogP contribution in [-0.2, 0) is 6.42 Å². The first kappa shape index (κ1) is 13.3. The number of aryl methyl sites for hydroxylation is 1. The number of carboxylic acids is 1.